The number of hydrogen-bond donors (Lipinski definition) is 3. The van der Waals surface area contributed by atoms with Gasteiger partial charge in [-0.05, 0) is 25.0 Å². The molecule has 0 unspecified atom stereocenters. The third kappa shape index (κ3) is 4.32. The quantitative estimate of drug-likeness (QED) is 0.460. The van der Waals surface area contributed by atoms with Crippen LogP contribution in [-0.4, -0.2) is 63.6 Å². The number of carbonyl (C=O) groups is 2. The molecule has 0 atom stereocenters. The number of nitrogens with zero attached hydrogens (tertiary/aromatic N) is 5. The van der Waals surface area contributed by atoms with Crippen molar-refractivity contribution in [2.24, 2.45) is 7.05 Å². The number of aromatic nitrogens is 5. The van der Waals surface area contributed by atoms with E-state index in [1.54, 1.807) is 36.3 Å². The Morgan fingerprint density at radius 3 is 2.67 bits per heavy atom. The van der Waals surface area contributed by atoms with Crippen molar-refractivity contribution >= 4 is 29.0 Å². The Kier molecular flexibility index (Phi) is 4.95. The molecule has 2 heterocycles. The van der Waals surface area contributed by atoms with Crippen molar-refractivity contribution in [2.75, 3.05) is 31.8 Å². The predicted octanol–water partition coefficient (Wildman–Crippen LogP) is 1.50. The van der Waals surface area contributed by atoms with E-state index in [9.17, 15) is 9.59 Å². The maximum Gasteiger partial charge on any atom is 0.273 e. The van der Waals surface area contributed by atoms with Gasteiger partial charge in [0.05, 0.1) is 24.0 Å². The van der Waals surface area contributed by atoms with Gasteiger partial charge in [0.15, 0.2) is 23.1 Å². The molecular weight excluding hydrogens is 428 g/mol. The Balaban J connectivity index is 1.72. The highest BCUT2D eigenvalue weighted by atomic mass is 16.5. The third-order valence-corrected chi connectivity index (χ3v) is 5.20. The molecule has 0 aliphatic heterocycles. The van der Waals surface area contributed by atoms with Crippen LogP contribution in [-0.2, 0) is 16.6 Å². The van der Waals surface area contributed by atoms with Crippen LogP contribution in [0.15, 0.2) is 30.6 Å². The summed E-state index contributed by atoms with van der Waals surface area (Å²) in [5.41, 5.74) is -0.164. The molecule has 2 aromatic heterocycles. The highest BCUT2D eigenvalue weighted by Crippen LogP contribution is 2.40. The zero-order valence-electron chi connectivity index (χ0n) is 21.2. The molecule has 3 aromatic rings. The number of nitrogens with one attached hydrogen (secondary N) is 3. The number of ether oxygens (including phenoxy) is 2. The smallest absolute Gasteiger partial charge is 0.273 e. The van der Waals surface area contributed by atoms with Crippen molar-refractivity contribution in [3.63, 3.8) is 0 Å². The third-order valence-electron chi connectivity index (χ3n) is 5.20. The Bertz CT molecular complexity index is 1310. The maximum absolute atomic E-state index is 12.7. The van der Waals surface area contributed by atoms with Crippen LogP contribution < -0.4 is 20.7 Å². The van der Waals surface area contributed by atoms with Gasteiger partial charge in [-0.3, -0.25) is 14.3 Å². The van der Waals surface area contributed by atoms with Crippen LogP contribution in [0.5, 0.6) is 5.75 Å². The standard InChI is InChI=1S/C21H24N8O4/c1-22-19(30)16-14(10-15(26-27-16)25-20(31)21(33-4)8-9-21)24-13-7-5-6-12(17(13)32-3)18-23-11-29(2)28-18/h5-7,10-11H,8-9H2,1-4H3,(H,22,30)(H2,24,25,26,31)/i1D3. The van der Waals surface area contributed by atoms with Crippen LogP contribution in [0.1, 0.15) is 27.4 Å². The molecule has 3 N–H and O–H groups in total. The summed E-state index contributed by atoms with van der Waals surface area (Å²) < 4.78 is 34.5. The number of hydrogen-bond acceptors (Lipinski definition) is 9. The summed E-state index contributed by atoms with van der Waals surface area (Å²) >= 11 is 0. The van der Waals surface area contributed by atoms with Gasteiger partial charge in [-0.2, -0.15) is 5.10 Å². The number of aryl methyl sites for hydroxylation is 1. The normalized spacial score (nSPS) is 15.5. The van der Waals surface area contributed by atoms with Crippen molar-refractivity contribution in [3.8, 4) is 17.1 Å². The minimum absolute atomic E-state index is 0.0396. The van der Waals surface area contributed by atoms with E-state index in [1.165, 1.54) is 20.3 Å². The first kappa shape index (κ1) is 18.5. The molecule has 172 valence electrons. The number of rotatable bonds is 8. The van der Waals surface area contributed by atoms with Gasteiger partial charge >= 0.3 is 0 Å². The Morgan fingerprint density at radius 2 is 2.03 bits per heavy atom. The topological polar surface area (TPSA) is 145 Å². The van der Waals surface area contributed by atoms with E-state index in [4.69, 9.17) is 13.6 Å². The fourth-order valence-corrected chi connectivity index (χ4v) is 3.28. The van der Waals surface area contributed by atoms with Crippen molar-refractivity contribution in [2.45, 2.75) is 18.4 Å². The van der Waals surface area contributed by atoms with Gasteiger partial charge in [-0.1, -0.05) is 6.07 Å². The molecule has 0 saturated heterocycles. The number of carbonyl (C=O) groups excluding carboxylic acids is 2. The lowest BCUT2D eigenvalue weighted by Gasteiger charge is -2.17. The first-order valence-corrected chi connectivity index (χ1v) is 9.92. The van der Waals surface area contributed by atoms with E-state index in [1.807, 2.05) is 5.32 Å². The fraction of sp³-hybridized carbons (Fsp3) is 0.333. The van der Waals surface area contributed by atoms with E-state index in [2.05, 4.69) is 30.9 Å². The van der Waals surface area contributed by atoms with Crippen molar-refractivity contribution in [1.82, 2.24) is 30.3 Å². The van der Waals surface area contributed by atoms with Crippen molar-refractivity contribution in [3.05, 3.63) is 36.3 Å². The highest BCUT2D eigenvalue weighted by molar-refractivity contribution is 6.01. The number of methoxy groups -OCH3 is 2. The van der Waals surface area contributed by atoms with Gasteiger partial charge in [-0.15, -0.1) is 10.2 Å². The second kappa shape index (κ2) is 8.82. The highest BCUT2D eigenvalue weighted by Gasteiger charge is 2.50. The lowest BCUT2D eigenvalue weighted by Crippen LogP contribution is -2.32. The second-order valence-corrected chi connectivity index (χ2v) is 7.35. The zero-order valence-corrected chi connectivity index (χ0v) is 18.2. The van der Waals surface area contributed by atoms with E-state index in [0.717, 1.165) is 0 Å². The first-order valence-electron chi connectivity index (χ1n) is 11.4. The SMILES string of the molecule is [2H]C([2H])([2H])NC(=O)c1nnc(NC(=O)C2(OC)CC2)cc1Nc1cccc(-c2ncn(C)n2)c1OC. The van der Waals surface area contributed by atoms with Crippen molar-refractivity contribution in [1.29, 1.82) is 0 Å². The van der Waals surface area contributed by atoms with Gasteiger partial charge in [0.1, 0.15) is 11.9 Å². The summed E-state index contributed by atoms with van der Waals surface area (Å²) in [6, 6.07) is 6.54. The summed E-state index contributed by atoms with van der Waals surface area (Å²) in [5.74, 6) is -0.568. The summed E-state index contributed by atoms with van der Waals surface area (Å²) in [5, 5.41) is 19.6. The van der Waals surface area contributed by atoms with Crippen LogP contribution >= 0.6 is 0 Å². The van der Waals surface area contributed by atoms with E-state index in [-0.39, 0.29) is 17.2 Å². The average Bonchev–Trinajstić information content (AvgIpc) is 3.51. The second-order valence-electron chi connectivity index (χ2n) is 7.35. The summed E-state index contributed by atoms with van der Waals surface area (Å²) in [6.45, 7) is -2.75. The molecule has 1 fully saturated rings. The molecule has 0 radical (unpaired) electrons. The van der Waals surface area contributed by atoms with Gasteiger partial charge in [0.2, 0.25) is 0 Å². The number of para-hydroxylation sites is 1. The number of amides is 2. The number of benzene rings is 1. The molecule has 1 aliphatic rings. The minimum Gasteiger partial charge on any atom is -0.494 e. The summed E-state index contributed by atoms with van der Waals surface area (Å²) in [7, 11) is 4.64. The first-order chi connectivity index (χ1) is 17.0. The molecule has 1 aromatic carbocycles. The van der Waals surface area contributed by atoms with E-state index < -0.39 is 24.4 Å². The monoisotopic (exact) mass is 455 g/mol. The van der Waals surface area contributed by atoms with Crippen LogP contribution in [0.3, 0.4) is 0 Å². The van der Waals surface area contributed by atoms with E-state index >= 15 is 0 Å². The largest absolute Gasteiger partial charge is 0.494 e. The van der Waals surface area contributed by atoms with Crippen LogP contribution in [0.4, 0.5) is 17.2 Å². The minimum atomic E-state index is -2.75. The Labute approximate surface area is 193 Å². The van der Waals surface area contributed by atoms with Crippen LogP contribution in [0.25, 0.3) is 11.4 Å². The summed E-state index contributed by atoms with van der Waals surface area (Å²) in [4.78, 5) is 29.5. The molecular formula is C21H24N8O4. The number of anilines is 3. The predicted molar refractivity (Wildman–Crippen MR) is 119 cm³/mol. The van der Waals surface area contributed by atoms with Gasteiger partial charge in [0.25, 0.3) is 11.8 Å². The Hall–Kier alpha value is -4.06. The average molecular weight is 455 g/mol. The lowest BCUT2D eigenvalue weighted by molar-refractivity contribution is -0.128. The van der Waals surface area contributed by atoms with Crippen LogP contribution in [0, 0.1) is 0 Å². The lowest BCUT2D eigenvalue weighted by atomic mass is 10.1. The maximum atomic E-state index is 12.7. The molecule has 0 bridgehead atoms. The van der Waals surface area contributed by atoms with Gasteiger partial charge in [0, 0.05) is 31.3 Å². The molecule has 1 aliphatic carbocycles. The van der Waals surface area contributed by atoms with Crippen molar-refractivity contribution < 1.29 is 23.2 Å². The van der Waals surface area contributed by atoms with Crippen LogP contribution in [0.2, 0.25) is 0 Å². The van der Waals surface area contributed by atoms with Gasteiger partial charge < -0.3 is 25.4 Å². The molecule has 0 spiro atoms. The van der Waals surface area contributed by atoms with Gasteiger partial charge in [-0.25, -0.2) is 4.98 Å². The summed E-state index contributed by atoms with van der Waals surface area (Å²) in [6.07, 6.45) is 2.68. The molecule has 4 rings (SSSR count). The Morgan fingerprint density at radius 1 is 1.21 bits per heavy atom. The fourth-order valence-electron chi connectivity index (χ4n) is 3.28. The zero-order chi connectivity index (χ0) is 26.1. The molecule has 12 nitrogen and oxygen atoms in total. The molecule has 33 heavy (non-hydrogen) atoms. The molecule has 1 saturated carbocycles. The molecule has 2 amide bonds. The molecule has 12 heteroatoms. The van der Waals surface area contributed by atoms with E-state index in [0.29, 0.717) is 35.7 Å².